The summed E-state index contributed by atoms with van der Waals surface area (Å²) in [7, 11) is 0. The molecule has 7 nitrogen and oxygen atoms in total. The second-order valence-corrected chi connectivity index (χ2v) is 9.00. The van der Waals surface area contributed by atoms with Gasteiger partial charge in [-0.3, -0.25) is 4.79 Å². The number of quaternary nitrogens is 1. The Morgan fingerprint density at radius 3 is 2.84 bits per heavy atom. The second-order valence-electron chi connectivity index (χ2n) is 9.00. The van der Waals surface area contributed by atoms with E-state index in [1.807, 2.05) is 35.1 Å². The highest BCUT2D eigenvalue weighted by atomic mass is 19.1. The third-order valence-corrected chi connectivity index (χ3v) is 6.90. The molecule has 0 radical (unpaired) electrons. The summed E-state index contributed by atoms with van der Waals surface area (Å²) in [6, 6.07) is 14.4. The quantitative estimate of drug-likeness (QED) is 0.509. The average Bonchev–Trinajstić information content (AvgIpc) is 3.27. The van der Waals surface area contributed by atoms with Crippen LogP contribution in [0.2, 0.25) is 0 Å². The van der Waals surface area contributed by atoms with E-state index in [2.05, 4.69) is 15.6 Å². The zero-order chi connectivity index (χ0) is 22.1. The molecule has 0 saturated carbocycles. The van der Waals surface area contributed by atoms with Crippen LogP contribution in [0.5, 0.6) is 0 Å². The molecule has 3 aliphatic heterocycles. The molecule has 4 heterocycles. The van der Waals surface area contributed by atoms with Gasteiger partial charge in [0.1, 0.15) is 17.6 Å². The van der Waals surface area contributed by atoms with E-state index in [-0.39, 0.29) is 17.6 Å². The molecule has 3 fully saturated rings. The molecule has 1 aromatic heterocycles. The van der Waals surface area contributed by atoms with E-state index in [9.17, 15) is 9.18 Å². The first-order valence-corrected chi connectivity index (χ1v) is 11.2. The van der Waals surface area contributed by atoms with E-state index in [0.29, 0.717) is 24.2 Å². The van der Waals surface area contributed by atoms with Crippen LogP contribution in [-0.2, 0) is 17.9 Å². The fraction of sp³-hybridized carbons (Fsp3) is 0.375. The number of halogens is 1. The summed E-state index contributed by atoms with van der Waals surface area (Å²) < 4.78 is 15.0. The van der Waals surface area contributed by atoms with Gasteiger partial charge < -0.3 is 16.0 Å². The first kappa shape index (κ1) is 20.6. The lowest BCUT2D eigenvalue weighted by Crippen LogP contribution is -3.20. The molecular weight excluding hydrogens is 407 g/mol. The molecule has 0 spiro atoms. The van der Waals surface area contributed by atoms with Crippen LogP contribution >= 0.6 is 0 Å². The number of amides is 1. The van der Waals surface area contributed by atoms with E-state index in [1.165, 1.54) is 17.0 Å². The first-order valence-electron chi connectivity index (χ1n) is 11.2. The Kier molecular flexibility index (Phi) is 5.61. The molecule has 6 rings (SSSR count). The summed E-state index contributed by atoms with van der Waals surface area (Å²) in [5.74, 6) is 0.274. The maximum absolute atomic E-state index is 13.1. The zero-order valence-electron chi connectivity index (χ0n) is 17.9. The number of hydrogen-bond acceptors (Lipinski definition) is 4. The van der Waals surface area contributed by atoms with E-state index in [4.69, 9.17) is 5.73 Å². The van der Waals surface area contributed by atoms with Gasteiger partial charge in [-0.25, -0.2) is 9.07 Å². The molecule has 2 aromatic carbocycles. The minimum atomic E-state index is -0.264. The van der Waals surface area contributed by atoms with Gasteiger partial charge in [-0.15, -0.1) is 5.10 Å². The van der Waals surface area contributed by atoms with Gasteiger partial charge in [-0.1, -0.05) is 29.5 Å². The average molecular weight is 436 g/mol. The maximum atomic E-state index is 13.1. The molecule has 1 amide bonds. The molecule has 4 atom stereocenters. The molecule has 4 N–H and O–H groups in total. The summed E-state index contributed by atoms with van der Waals surface area (Å²) >= 11 is 0. The first-order chi connectivity index (χ1) is 15.5. The van der Waals surface area contributed by atoms with Gasteiger partial charge in [0, 0.05) is 30.6 Å². The van der Waals surface area contributed by atoms with Crippen molar-refractivity contribution in [3.05, 3.63) is 66.1 Å². The van der Waals surface area contributed by atoms with Crippen LogP contribution in [0.25, 0.3) is 11.3 Å². The molecule has 3 saturated heterocycles. The summed E-state index contributed by atoms with van der Waals surface area (Å²) in [5.41, 5.74) is 9.29. The number of carbonyl (C=O) groups excluding carboxylic acids is 1. The Hall–Kier alpha value is -3.26. The molecule has 2 bridgehead atoms. The highest BCUT2D eigenvalue weighted by Crippen LogP contribution is 2.28. The fourth-order valence-corrected chi connectivity index (χ4v) is 5.18. The van der Waals surface area contributed by atoms with Crippen molar-refractivity contribution in [3.8, 4) is 11.3 Å². The zero-order valence-corrected chi connectivity index (χ0v) is 17.9. The van der Waals surface area contributed by atoms with E-state index < -0.39 is 0 Å². The number of nitrogen functional groups attached to an aromatic ring is 1. The number of hydrogen-bond donors (Lipinski definition) is 3. The summed E-state index contributed by atoms with van der Waals surface area (Å²) in [4.78, 5) is 14.3. The number of carbonyl (C=O) groups is 1. The molecule has 3 aliphatic rings. The van der Waals surface area contributed by atoms with Gasteiger partial charge in [0.25, 0.3) is 0 Å². The van der Waals surface area contributed by atoms with Crippen LogP contribution in [0.3, 0.4) is 0 Å². The number of anilines is 1. The van der Waals surface area contributed by atoms with E-state index >= 15 is 0 Å². The molecular formula is C24H28FN6O+. The minimum absolute atomic E-state index is 0.0362. The minimum Gasteiger partial charge on any atom is -0.399 e. The maximum Gasteiger partial charge on any atom is 0.229 e. The summed E-state index contributed by atoms with van der Waals surface area (Å²) in [6.45, 7) is 3.17. The van der Waals surface area contributed by atoms with Crippen molar-refractivity contribution in [2.75, 3.05) is 18.8 Å². The number of nitrogens with one attached hydrogen (secondary N) is 2. The topological polar surface area (TPSA) is 90.3 Å². The Morgan fingerprint density at radius 1 is 1.25 bits per heavy atom. The Bertz CT molecular complexity index is 1100. The molecule has 1 unspecified atom stereocenters. The highest BCUT2D eigenvalue weighted by molar-refractivity contribution is 5.79. The number of aromatic nitrogens is 3. The number of nitrogens with zero attached hydrogens (tertiary/aromatic N) is 3. The number of rotatable bonds is 6. The smallest absolute Gasteiger partial charge is 0.229 e. The number of nitrogens with two attached hydrogens (primary N) is 1. The summed E-state index contributed by atoms with van der Waals surface area (Å²) in [5, 5.41) is 11.7. The van der Waals surface area contributed by atoms with Gasteiger partial charge in [-0.2, -0.15) is 0 Å². The van der Waals surface area contributed by atoms with Crippen molar-refractivity contribution in [1.82, 2.24) is 20.3 Å². The number of fused-ring (bicyclic) bond motifs is 3. The van der Waals surface area contributed by atoms with Crippen LogP contribution in [0.4, 0.5) is 10.1 Å². The van der Waals surface area contributed by atoms with Gasteiger partial charge in [0.2, 0.25) is 5.91 Å². The molecule has 0 aliphatic carbocycles. The van der Waals surface area contributed by atoms with Gasteiger partial charge in [0.15, 0.2) is 0 Å². The number of benzene rings is 2. The standard InChI is InChI=1S/C24H27FN6O/c25-19-6-4-16(5-7-19)12-27-24(32)22-14-30-9-8-17(22)11-21(30)13-31-15-23(28-29-31)18-2-1-3-20(26)10-18/h1-7,10,15,17,21-22H,8-9,11-14,26H2,(H,27,32)/p+1/t17-,21+,22-/m0/s1. The van der Waals surface area contributed by atoms with Crippen LogP contribution in [0.1, 0.15) is 18.4 Å². The van der Waals surface area contributed by atoms with Crippen molar-refractivity contribution >= 4 is 11.6 Å². The SMILES string of the molecule is Nc1cccc(-c2cn(C[C@H]3C[C@@H]4CC[NH+]3C[C@@H]4C(=O)NCc3ccc(F)cc3)nn2)c1. The van der Waals surface area contributed by atoms with Gasteiger partial charge >= 0.3 is 0 Å². The predicted molar refractivity (Wildman–Crippen MR) is 119 cm³/mol. The normalized spacial score (nSPS) is 24.4. The van der Waals surface area contributed by atoms with Crippen LogP contribution < -0.4 is 16.0 Å². The van der Waals surface area contributed by atoms with Crippen molar-refractivity contribution in [1.29, 1.82) is 0 Å². The van der Waals surface area contributed by atoms with E-state index in [1.54, 1.807) is 12.1 Å². The van der Waals surface area contributed by atoms with Crippen molar-refractivity contribution < 1.29 is 14.1 Å². The van der Waals surface area contributed by atoms with Crippen LogP contribution in [0.15, 0.2) is 54.7 Å². The predicted octanol–water partition coefficient (Wildman–Crippen LogP) is 1.28. The lowest BCUT2D eigenvalue weighted by molar-refractivity contribution is -0.945. The second kappa shape index (κ2) is 8.70. The molecule has 32 heavy (non-hydrogen) atoms. The van der Waals surface area contributed by atoms with Gasteiger partial charge in [0.05, 0.1) is 31.7 Å². The van der Waals surface area contributed by atoms with Gasteiger partial charge in [-0.05, 0) is 35.7 Å². The Balaban J connectivity index is 1.18. The van der Waals surface area contributed by atoms with Crippen LogP contribution in [0, 0.1) is 17.7 Å². The largest absolute Gasteiger partial charge is 0.399 e. The van der Waals surface area contributed by atoms with Crippen LogP contribution in [-0.4, -0.2) is 40.0 Å². The lowest BCUT2D eigenvalue weighted by atomic mass is 9.75. The Morgan fingerprint density at radius 2 is 2.09 bits per heavy atom. The highest BCUT2D eigenvalue weighted by Gasteiger charge is 2.46. The monoisotopic (exact) mass is 435 g/mol. The summed E-state index contributed by atoms with van der Waals surface area (Å²) in [6.07, 6.45) is 4.06. The molecule has 3 aromatic rings. The molecule has 166 valence electrons. The fourth-order valence-electron chi connectivity index (χ4n) is 5.18. The number of piperidine rings is 3. The van der Waals surface area contributed by atoms with Crippen molar-refractivity contribution in [3.63, 3.8) is 0 Å². The molecule has 8 heteroatoms. The van der Waals surface area contributed by atoms with E-state index in [0.717, 1.165) is 49.3 Å². The third-order valence-electron chi connectivity index (χ3n) is 6.90. The third kappa shape index (κ3) is 4.36. The Labute approximate surface area is 186 Å². The van der Waals surface area contributed by atoms with Crippen molar-refractivity contribution in [2.24, 2.45) is 11.8 Å². The van der Waals surface area contributed by atoms with Crippen molar-refractivity contribution in [2.45, 2.75) is 32.0 Å². The lowest BCUT2D eigenvalue weighted by Gasteiger charge is -2.46.